The van der Waals surface area contributed by atoms with Crippen LogP contribution in [-0.2, 0) is 16.0 Å². The molecule has 0 fully saturated rings. The van der Waals surface area contributed by atoms with Crippen LogP contribution >= 0.6 is 0 Å². The van der Waals surface area contributed by atoms with Crippen LogP contribution < -0.4 is 5.73 Å². The number of nitrogens with two attached hydrogens (primary N) is 1. The molecular weight excluding hydrogens is 423 g/mol. The molecule has 3 rings (SSSR count). The fourth-order valence-corrected chi connectivity index (χ4v) is 4.36. The third-order valence-corrected chi connectivity index (χ3v) is 6.18. The van der Waals surface area contributed by atoms with E-state index in [1.54, 1.807) is 13.0 Å². The predicted molar refractivity (Wildman–Crippen MR) is 103 cm³/mol. The van der Waals surface area contributed by atoms with Gasteiger partial charge in [-0.1, -0.05) is 6.07 Å². The summed E-state index contributed by atoms with van der Waals surface area (Å²) in [5, 5.41) is 13.3. The minimum atomic E-state index is -4.82. The SMILES string of the molecule is Cc1ccc(S(=O)(=O)CCC(C)(C)O)cc1-c1cnc2c(N)nc(C(F)(F)F)nn12. The van der Waals surface area contributed by atoms with Crippen molar-refractivity contribution in [2.75, 3.05) is 11.5 Å². The number of alkyl halides is 3. The van der Waals surface area contributed by atoms with Crippen LogP contribution in [0.4, 0.5) is 19.0 Å². The lowest BCUT2D eigenvalue weighted by molar-refractivity contribution is -0.145. The molecule has 2 heterocycles. The maximum absolute atomic E-state index is 13.1. The summed E-state index contributed by atoms with van der Waals surface area (Å²) in [6.45, 7) is 4.69. The van der Waals surface area contributed by atoms with Crippen molar-refractivity contribution >= 4 is 21.3 Å². The molecule has 0 saturated carbocycles. The number of fused-ring (bicyclic) bond motifs is 1. The fraction of sp³-hybridized carbons (Fsp3) is 0.389. The molecule has 1 aromatic carbocycles. The van der Waals surface area contributed by atoms with Crippen LogP contribution in [0.5, 0.6) is 0 Å². The lowest BCUT2D eigenvalue weighted by Crippen LogP contribution is -2.23. The van der Waals surface area contributed by atoms with Crippen molar-refractivity contribution in [2.24, 2.45) is 0 Å². The number of imidazole rings is 1. The first-order chi connectivity index (χ1) is 13.7. The summed E-state index contributed by atoms with van der Waals surface area (Å²) in [7, 11) is -3.74. The van der Waals surface area contributed by atoms with E-state index in [0.717, 1.165) is 4.52 Å². The fourth-order valence-electron chi connectivity index (χ4n) is 2.78. The van der Waals surface area contributed by atoms with E-state index in [1.807, 2.05) is 0 Å². The van der Waals surface area contributed by atoms with E-state index in [0.29, 0.717) is 11.1 Å². The first kappa shape index (κ1) is 22.0. The molecular formula is C18H20F3N5O3S. The molecule has 3 aromatic rings. The zero-order valence-corrected chi connectivity index (χ0v) is 17.2. The van der Waals surface area contributed by atoms with Crippen LogP contribution in [0.25, 0.3) is 16.9 Å². The normalized spacial score (nSPS) is 13.2. The molecule has 0 bridgehead atoms. The Kier molecular flexibility index (Phi) is 5.27. The standard InChI is InChI=1S/C18H20F3N5O3S/c1-10-4-5-11(30(28,29)7-6-17(2,3)27)8-12(10)13-9-23-15-14(22)24-16(18(19,20)21)25-26(13)15/h4-5,8-9,27H,6-7H2,1-3H3,(H2,22,24,25). The van der Waals surface area contributed by atoms with Gasteiger partial charge in [0.2, 0.25) is 0 Å². The third kappa shape index (κ3) is 4.38. The highest BCUT2D eigenvalue weighted by Crippen LogP contribution is 2.31. The van der Waals surface area contributed by atoms with Crippen molar-refractivity contribution < 1.29 is 26.7 Å². The van der Waals surface area contributed by atoms with Gasteiger partial charge in [0, 0.05) is 5.56 Å². The van der Waals surface area contributed by atoms with E-state index in [1.165, 1.54) is 32.2 Å². The van der Waals surface area contributed by atoms with E-state index < -0.39 is 33.3 Å². The molecule has 0 radical (unpaired) electrons. The van der Waals surface area contributed by atoms with Crippen LogP contribution in [-0.4, -0.2) is 44.5 Å². The molecule has 0 saturated heterocycles. The van der Waals surface area contributed by atoms with Crippen molar-refractivity contribution in [1.82, 2.24) is 19.6 Å². The molecule has 0 unspecified atom stereocenters. The number of anilines is 1. The van der Waals surface area contributed by atoms with Crippen molar-refractivity contribution in [3.05, 3.63) is 35.8 Å². The van der Waals surface area contributed by atoms with Crippen molar-refractivity contribution in [1.29, 1.82) is 0 Å². The minimum absolute atomic E-state index is 0.0207. The van der Waals surface area contributed by atoms with E-state index in [9.17, 15) is 26.7 Å². The van der Waals surface area contributed by atoms with Crippen molar-refractivity contribution in [3.8, 4) is 11.3 Å². The topological polar surface area (TPSA) is 123 Å². The summed E-state index contributed by atoms with van der Waals surface area (Å²) < 4.78 is 65.6. The highest BCUT2D eigenvalue weighted by molar-refractivity contribution is 7.91. The van der Waals surface area contributed by atoms with Crippen LogP contribution in [0.15, 0.2) is 29.3 Å². The second-order valence-electron chi connectivity index (χ2n) is 7.56. The van der Waals surface area contributed by atoms with Gasteiger partial charge in [-0.2, -0.15) is 13.2 Å². The van der Waals surface area contributed by atoms with Gasteiger partial charge in [-0.05, 0) is 44.9 Å². The molecule has 12 heteroatoms. The third-order valence-electron chi connectivity index (χ3n) is 4.47. The number of sulfone groups is 1. The molecule has 3 N–H and O–H groups in total. The van der Waals surface area contributed by atoms with Crippen LogP contribution in [0.3, 0.4) is 0 Å². The largest absolute Gasteiger partial charge is 0.453 e. The summed E-state index contributed by atoms with van der Waals surface area (Å²) in [5.41, 5.74) is 5.44. The molecule has 0 spiro atoms. The van der Waals surface area contributed by atoms with Crippen molar-refractivity contribution in [3.63, 3.8) is 0 Å². The molecule has 0 atom stereocenters. The lowest BCUT2D eigenvalue weighted by Gasteiger charge is -2.17. The Labute approximate surface area is 170 Å². The Morgan fingerprint density at radius 3 is 2.50 bits per heavy atom. The first-order valence-electron chi connectivity index (χ1n) is 8.84. The first-order valence-corrected chi connectivity index (χ1v) is 10.5. The number of hydrogen-bond acceptors (Lipinski definition) is 7. The summed E-state index contributed by atoms with van der Waals surface area (Å²) in [6.07, 6.45) is -3.54. The molecule has 0 aliphatic carbocycles. The average Bonchev–Trinajstić information content (AvgIpc) is 3.03. The zero-order chi connectivity index (χ0) is 22.5. The number of aromatic nitrogens is 4. The van der Waals surface area contributed by atoms with E-state index in [4.69, 9.17) is 5.73 Å². The van der Waals surface area contributed by atoms with Crippen LogP contribution in [0, 0.1) is 6.92 Å². The lowest BCUT2D eigenvalue weighted by atomic mass is 10.1. The Hall–Kier alpha value is -2.73. The Morgan fingerprint density at radius 2 is 1.90 bits per heavy atom. The molecule has 30 heavy (non-hydrogen) atoms. The average molecular weight is 443 g/mol. The van der Waals surface area contributed by atoms with Gasteiger partial charge in [0.1, 0.15) is 0 Å². The Morgan fingerprint density at radius 1 is 1.23 bits per heavy atom. The molecule has 0 amide bonds. The maximum Gasteiger partial charge on any atom is 0.453 e. The number of rotatable bonds is 5. The molecule has 8 nitrogen and oxygen atoms in total. The molecule has 0 aliphatic heterocycles. The van der Waals surface area contributed by atoms with E-state index in [2.05, 4.69) is 15.1 Å². The van der Waals surface area contributed by atoms with Gasteiger partial charge >= 0.3 is 6.18 Å². The van der Waals surface area contributed by atoms with Gasteiger partial charge in [0.05, 0.1) is 28.1 Å². The smallest absolute Gasteiger partial charge is 0.390 e. The second-order valence-corrected chi connectivity index (χ2v) is 9.66. The highest BCUT2D eigenvalue weighted by Gasteiger charge is 2.36. The Balaban J connectivity index is 2.14. The van der Waals surface area contributed by atoms with E-state index >= 15 is 0 Å². The minimum Gasteiger partial charge on any atom is -0.390 e. The van der Waals surface area contributed by atoms with E-state index in [-0.39, 0.29) is 28.4 Å². The number of aliphatic hydroxyl groups is 1. The molecule has 162 valence electrons. The Bertz CT molecular complexity index is 1210. The quantitative estimate of drug-likeness (QED) is 0.621. The summed E-state index contributed by atoms with van der Waals surface area (Å²) in [6, 6.07) is 4.30. The predicted octanol–water partition coefficient (Wildman–Crippen LogP) is 2.64. The van der Waals surface area contributed by atoms with Gasteiger partial charge in [0.25, 0.3) is 5.82 Å². The van der Waals surface area contributed by atoms with Gasteiger partial charge < -0.3 is 10.8 Å². The van der Waals surface area contributed by atoms with Gasteiger partial charge in [-0.3, -0.25) is 0 Å². The van der Waals surface area contributed by atoms with Gasteiger partial charge in [0.15, 0.2) is 21.3 Å². The second kappa shape index (κ2) is 7.20. The summed E-state index contributed by atoms with van der Waals surface area (Å²) >= 11 is 0. The van der Waals surface area contributed by atoms with Crippen molar-refractivity contribution in [2.45, 2.75) is 43.9 Å². The van der Waals surface area contributed by atoms with Gasteiger partial charge in [-0.15, -0.1) is 5.10 Å². The number of hydrogen-bond donors (Lipinski definition) is 2. The summed E-state index contributed by atoms with van der Waals surface area (Å²) in [5.74, 6) is -2.17. The summed E-state index contributed by atoms with van der Waals surface area (Å²) in [4.78, 5) is 7.20. The number of nitrogen functional groups attached to an aromatic ring is 1. The van der Waals surface area contributed by atoms with Gasteiger partial charge in [-0.25, -0.2) is 22.9 Å². The highest BCUT2D eigenvalue weighted by atomic mass is 32.2. The number of benzene rings is 1. The molecule has 0 aliphatic rings. The maximum atomic E-state index is 13.1. The van der Waals surface area contributed by atoms with Crippen LogP contribution in [0.1, 0.15) is 31.7 Å². The monoisotopic (exact) mass is 443 g/mol. The number of halogens is 3. The van der Waals surface area contributed by atoms with Crippen LogP contribution in [0.2, 0.25) is 0 Å². The zero-order valence-electron chi connectivity index (χ0n) is 16.4. The molecule has 2 aromatic heterocycles. The number of nitrogens with zero attached hydrogens (tertiary/aromatic N) is 4. The number of aryl methyl sites for hydroxylation is 1.